The third-order valence-corrected chi connectivity index (χ3v) is 11.3. The normalized spacial score (nSPS) is 25.9. The largest absolute Gasteiger partial charge is 0.434 e. The highest BCUT2D eigenvalue weighted by Crippen LogP contribution is 2.49. The Morgan fingerprint density at radius 1 is 0.978 bits per heavy atom. The minimum atomic E-state index is -0.343. The Morgan fingerprint density at radius 3 is 2.54 bits per heavy atom. The molecule has 5 fully saturated rings. The van der Waals surface area contributed by atoms with Gasteiger partial charge in [0, 0.05) is 80.0 Å². The number of hydrogen-bond acceptors (Lipinski definition) is 10. The second-order valence-corrected chi connectivity index (χ2v) is 14.9. The van der Waals surface area contributed by atoms with E-state index in [1.165, 1.54) is 31.3 Å². The van der Waals surface area contributed by atoms with Gasteiger partial charge in [0.15, 0.2) is 5.82 Å². The zero-order chi connectivity index (χ0) is 31.4. The number of hydrogen-bond donors (Lipinski definition) is 1. The number of nitrogens with zero attached hydrogens (tertiary/aromatic N) is 8. The molecule has 1 aromatic carbocycles. The molecule has 3 aliphatic heterocycles. The van der Waals surface area contributed by atoms with Crippen LogP contribution in [0.15, 0.2) is 37.1 Å². The van der Waals surface area contributed by atoms with Crippen LogP contribution in [0.4, 0.5) is 10.2 Å². The molecule has 2 aliphatic carbocycles. The number of ether oxygens (including phenoxy) is 1. The van der Waals surface area contributed by atoms with Crippen LogP contribution in [-0.2, 0) is 0 Å². The van der Waals surface area contributed by atoms with E-state index in [0.29, 0.717) is 46.9 Å². The van der Waals surface area contributed by atoms with E-state index >= 15 is 0 Å². The zero-order valence-electron chi connectivity index (χ0n) is 26.9. The lowest BCUT2D eigenvalue weighted by atomic mass is 9.68. The van der Waals surface area contributed by atoms with E-state index in [0.717, 1.165) is 88.5 Å². The fourth-order valence-corrected chi connectivity index (χ4v) is 8.80. The maximum absolute atomic E-state index is 14.5. The molecule has 5 aliphatic rings. The van der Waals surface area contributed by atoms with E-state index in [1.807, 2.05) is 0 Å². The van der Waals surface area contributed by atoms with Crippen LogP contribution in [0.1, 0.15) is 70.4 Å². The summed E-state index contributed by atoms with van der Waals surface area (Å²) in [6, 6.07) is 5.85. The van der Waals surface area contributed by atoms with E-state index in [4.69, 9.17) is 4.74 Å². The lowest BCUT2D eigenvalue weighted by molar-refractivity contribution is -0.0840. The van der Waals surface area contributed by atoms with Gasteiger partial charge in [0.1, 0.15) is 24.2 Å². The van der Waals surface area contributed by atoms with Crippen molar-refractivity contribution in [1.82, 2.24) is 34.9 Å². The van der Waals surface area contributed by atoms with Crippen LogP contribution in [-0.4, -0.2) is 97.5 Å². The third kappa shape index (κ3) is 5.75. The number of anilines is 1. The highest BCUT2D eigenvalue weighted by atomic mass is 19.1. The van der Waals surface area contributed by atoms with Crippen molar-refractivity contribution in [2.75, 3.05) is 44.2 Å². The number of piperidine rings is 1. The molecule has 1 N–H and O–H groups in total. The molecule has 8 rings (SSSR count). The topological polar surface area (TPSA) is 104 Å². The van der Waals surface area contributed by atoms with Crippen LogP contribution < -0.4 is 9.64 Å². The Morgan fingerprint density at radius 2 is 1.78 bits per heavy atom. The molecule has 46 heavy (non-hydrogen) atoms. The Kier molecular flexibility index (Phi) is 7.89. The van der Waals surface area contributed by atoms with Gasteiger partial charge in [-0.25, -0.2) is 19.3 Å². The molecule has 10 nitrogen and oxygen atoms in total. The Labute approximate surface area is 270 Å². The van der Waals surface area contributed by atoms with Crippen LogP contribution in [0.25, 0.3) is 11.1 Å². The van der Waals surface area contributed by atoms with Gasteiger partial charge < -0.3 is 19.6 Å². The van der Waals surface area contributed by atoms with Gasteiger partial charge in [-0.3, -0.25) is 4.90 Å². The number of aliphatic hydroxyl groups is 1. The first-order chi connectivity index (χ1) is 22.4. The fraction of sp³-hybridized carbons (Fsp3) is 0.629. The number of aromatic nitrogens is 5. The van der Waals surface area contributed by atoms with Crippen molar-refractivity contribution in [2.45, 2.75) is 82.9 Å². The smallest absolute Gasteiger partial charge is 0.282 e. The first-order valence-electron chi connectivity index (χ1n) is 17.2. The second kappa shape index (κ2) is 12.1. The summed E-state index contributed by atoms with van der Waals surface area (Å²) in [5.41, 5.74) is 2.58. The Bertz CT molecular complexity index is 1550. The summed E-state index contributed by atoms with van der Waals surface area (Å²) < 4.78 is 21.0. The molecule has 1 unspecified atom stereocenters. The molecular formula is C35H45FN8O2. The van der Waals surface area contributed by atoms with E-state index in [1.54, 1.807) is 18.6 Å². The van der Waals surface area contributed by atoms with Crippen LogP contribution in [0.5, 0.6) is 11.6 Å². The predicted octanol–water partition coefficient (Wildman–Crippen LogP) is 4.91. The monoisotopic (exact) mass is 628 g/mol. The molecular weight excluding hydrogens is 583 g/mol. The molecule has 1 spiro atoms. The molecule has 11 heteroatoms. The van der Waals surface area contributed by atoms with Crippen LogP contribution in [0.2, 0.25) is 0 Å². The maximum atomic E-state index is 14.5. The summed E-state index contributed by atoms with van der Waals surface area (Å²) in [5, 5.41) is 18.3. The molecule has 2 saturated carbocycles. The number of halogens is 1. The lowest BCUT2D eigenvalue weighted by Crippen LogP contribution is -2.65. The fourth-order valence-electron chi connectivity index (χ4n) is 8.80. The summed E-state index contributed by atoms with van der Waals surface area (Å²) in [5.74, 6) is 2.90. The van der Waals surface area contributed by atoms with Crippen molar-refractivity contribution < 1.29 is 14.2 Å². The summed E-state index contributed by atoms with van der Waals surface area (Å²) in [7, 11) is 0. The Hall–Kier alpha value is -3.28. The average Bonchev–Trinajstić information content (AvgIpc) is 3.77. The van der Waals surface area contributed by atoms with Gasteiger partial charge in [0.2, 0.25) is 0 Å². The van der Waals surface area contributed by atoms with Gasteiger partial charge in [-0.1, -0.05) is 13.8 Å². The summed E-state index contributed by atoms with van der Waals surface area (Å²) >= 11 is 0. The molecule has 3 aromatic rings. The van der Waals surface area contributed by atoms with Crippen molar-refractivity contribution in [3.63, 3.8) is 0 Å². The average molecular weight is 629 g/mol. The number of likely N-dealkylation sites (tertiary alicyclic amines) is 2. The lowest BCUT2D eigenvalue weighted by Gasteiger charge is -2.58. The van der Waals surface area contributed by atoms with Crippen molar-refractivity contribution >= 4 is 5.82 Å². The van der Waals surface area contributed by atoms with Gasteiger partial charge in [0.05, 0.1) is 11.8 Å². The van der Waals surface area contributed by atoms with E-state index in [9.17, 15) is 9.50 Å². The maximum Gasteiger partial charge on any atom is 0.282 e. The quantitative estimate of drug-likeness (QED) is 0.352. The van der Waals surface area contributed by atoms with E-state index in [2.05, 4.69) is 53.7 Å². The number of rotatable bonds is 9. The molecule has 0 radical (unpaired) electrons. The van der Waals surface area contributed by atoms with Crippen molar-refractivity contribution in [1.29, 1.82) is 0 Å². The Balaban J connectivity index is 0.943. The molecule has 1 atom stereocenters. The zero-order valence-corrected chi connectivity index (χ0v) is 26.9. The third-order valence-electron chi connectivity index (χ3n) is 11.3. The summed E-state index contributed by atoms with van der Waals surface area (Å²) in [6.45, 7) is 10.9. The second-order valence-electron chi connectivity index (χ2n) is 14.9. The number of benzene rings is 1. The molecule has 244 valence electrons. The molecule has 5 heterocycles. The van der Waals surface area contributed by atoms with Crippen LogP contribution in [0.3, 0.4) is 0 Å². The number of aliphatic hydroxyl groups excluding tert-OH is 1. The van der Waals surface area contributed by atoms with Gasteiger partial charge in [-0.05, 0) is 75.0 Å². The minimum absolute atomic E-state index is 0.107. The van der Waals surface area contributed by atoms with Gasteiger partial charge in [-0.15, -0.1) is 10.2 Å². The predicted molar refractivity (Wildman–Crippen MR) is 172 cm³/mol. The van der Waals surface area contributed by atoms with E-state index in [-0.39, 0.29) is 17.3 Å². The van der Waals surface area contributed by atoms with Crippen molar-refractivity contribution in [2.24, 2.45) is 17.3 Å². The summed E-state index contributed by atoms with van der Waals surface area (Å²) in [6.07, 6.45) is 12.3. The first-order valence-corrected chi connectivity index (χ1v) is 17.2. The van der Waals surface area contributed by atoms with Crippen LogP contribution >= 0.6 is 0 Å². The van der Waals surface area contributed by atoms with E-state index < -0.39 is 0 Å². The standard InChI is InChI=1S/C35H45FN8O2/c1-22(2)32(24-13-26(14-24)42-10-7-27(45)8-11-42)44-18-35(19-44)9-12-43(17-35)33-34(41-40-21-39-33)46-30-6-5-25(36)15-28(30)29-16-37-20-38-31(29)23-3-4-23/h5-6,15-16,20-24,26-27,32,45H,3-4,7-14,17-19H2,1-2H3. The first kappa shape index (κ1) is 30.1. The van der Waals surface area contributed by atoms with Gasteiger partial charge >= 0.3 is 0 Å². The molecule has 2 aromatic heterocycles. The van der Waals surface area contributed by atoms with Gasteiger partial charge in [0.25, 0.3) is 5.88 Å². The molecule has 0 amide bonds. The van der Waals surface area contributed by atoms with Crippen molar-refractivity contribution in [3.05, 3.63) is 48.6 Å². The highest BCUT2D eigenvalue weighted by molar-refractivity contribution is 5.73. The SMILES string of the molecule is CC(C)C(C1CC(N2CCC(O)CC2)C1)N1CC2(CCN(c3ncnnc3Oc3ccc(F)cc3-c3cncnc3C3CC3)C2)C1. The highest BCUT2D eigenvalue weighted by Gasteiger charge is 2.53. The molecule has 3 saturated heterocycles. The van der Waals surface area contributed by atoms with Crippen LogP contribution in [0, 0.1) is 23.1 Å². The summed E-state index contributed by atoms with van der Waals surface area (Å²) in [4.78, 5) is 21.1. The minimum Gasteiger partial charge on any atom is -0.434 e. The van der Waals surface area contributed by atoms with Gasteiger partial charge in [-0.2, -0.15) is 0 Å². The molecule has 0 bridgehead atoms. The van der Waals surface area contributed by atoms with Crippen molar-refractivity contribution in [3.8, 4) is 22.8 Å².